The molecule has 0 aromatic rings. The van der Waals surface area contributed by atoms with Gasteiger partial charge in [0.2, 0.25) is 0 Å². The second-order valence-electron chi connectivity index (χ2n) is 7.06. The van der Waals surface area contributed by atoms with Crippen molar-refractivity contribution in [1.82, 2.24) is 9.80 Å². The Hall–Kier alpha value is -0.250. The number of nitrogens with zero attached hydrogens (tertiary/aromatic N) is 3. The van der Waals surface area contributed by atoms with E-state index >= 15 is 0 Å². The first-order valence-corrected chi connectivity index (χ1v) is 8.67. The number of halogens is 4. The quantitative estimate of drug-likeness (QED) is 0.396. The van der Waals surface area contributed by atoms with Crippen molar-refractivity contribution < 1.29 is 13.2 Å². The largest absolute Gasteiger partial charge is 0.401 e. The number of likely N-dealkylation sites (tertiary alicyclic amines) is 2. The molecule has 2 fully saturated rings. The van der Waals surface area contributed by atoms with Crippen LogP contribution in [-0.2, 0) is 0 Å². The third kappa shape index (κ3) is 7.76. The Bertz CT molecular complexity index is 395. The first-order chi connectivity index (χ1) is 10.8. The van der Waals surface area contributed by atoms with E-state index in [0.717, 1.165) is 38.8 Å². The molecule has 0 aromatic heterocycles. The van der Waals surface area contributed by atoms with Gasteiger partial charge in [0, 0.05) is 19.6 Å². The van der Waals surface area contributed by atoms with Gasteiger partial charge in [0.05, 0.1) is 6.54 Å². The molecule has 1 atom stereocenters. The molecule has 0 saturated carbocycles. The number of hydrogen-bond donors (Lipinski definition) is 1. The van der Waals surface area contributed by atoms with E-state index in [1.165, 1.54) is 11.3 Å². The van der Waals surface area contributed by atoms with E-state index < -0.39 is 12.7 Å². The van der Waals surface area contributed by atoms with Crippen molar-refractivity contribution in [2.45, 2.75) is 45.2 Å². The lowest BCUT2D eigenvalue weighted by Gasteiger charge is -2.33. The van der Waals surface area contributed by atoms with Crippen LogP contribution >= 0.6 is 24.0 Å². The van der Waals surface area contributed by atoms with Gasteiger partial charge in [-0.25, -0.2) is 0 Å². The number of guanidine groups is 1. The average Bonchev–Trinajstić information content (AvgIpc) is 2.47. The zero-order valence-corrected chi connectivity index (χ0v) is 16.7. The molecule has 2 aliphatic heterocycles. The van der Waals surface area contributed by atoms with Crippen LogP contribution in [0.2, 0.25) is 0 Å². The third-order valence-corrected chi connectivity index (χ3v) is 4.90. The molecule has 2 aliphatic rings. The molecule has 0 aliphatic carbocycles. The maximum absolute atomic E-state index is 12.4. The van der Waals surface area contributed by atoms with Crippen LogP contribution in [0.5, 0.6) is 0 Å². The molecular formula is C16H30F3IN4. The third-order valence-electron chi connectivity index (χ3n) is 4.90. The van der Waals surface area contributed by atoms with Gasteiger partial charge < -0.3 is 10.6 Å². The van der Waals surface area contributed by atoms with Crippen molar-refractivity contribution in [3.05, 3.63) is 0 Å². The Morgan fingerprint density at radius 3 is 2.42 bits per heavy atom. The molecule has 4 nitrogen and oxygen atoms in total. The van der Waals surface area contributed by atoms with E-state index in [2.05, 4.69) is 16.8 Å². The Kier molecular flexibility index (Phi) is 9.11. The van der Waals surface area contributed by atoms with Crippen LogP contribution in [0.1, 0.15) is 39.0 Å². The number of aliphatic imine (C=N–C) groups is 1. The van der Waals surface area contributed by atoms with Gasteiger partial charge in [-0.1, -0.05) is 6.92 Å². The maximum Gasteiger partial charge on any atom is 0.401 e. The lowest BCUT2D eigenvalue weighted by molar-refractivity contribution is -0.148. The monoisotopic (exact) mass is 462 g/mol. The first kappa shape index (κ1) is 21.8. The number of nitrogens with two attached hydrogens (primary N) is 1. The minimum absolute atomic E-state index is 0. The zero-order valence-electron chi connectivity index (χ0n) is 14.4. The molecule has 0 amide bonds. The van der Waals surface area contributed by atoms with Gasteiger partial charge in [-0.15, -0.1) is 24.0 Å². The normalized spacial score (nSPS) is 24.8. The van der Waals surface area contributed by atoms with Crippen molar-refractivity contribution in [2.24, 2.45) is 22.6 Å². The van der Waals surface area contributed by atoms with Crippen molar-refractivity contribution in [1.29, 1.82) is 0 Å². The molecule has 0 radical (unpaired) electrons. The van der Waals surface area contributed by atoms with E-state index in [-0.39, 0.29) is 24.0 Å². The summed E-state index contributed by atoms with van der Waals surface area (Å²) in [6, 6.07) is 0. The molecule has 2 saturated heterocycles. The van der Waals surface area contributed by atoms with Crippen LogP contribution in [-0.4, -0.2) is 61.2 Å². The molecule has 2 heterocycles. The van der Waals surface area contributed by atoms with Crippen molar-refractivity contribution in [2.75, 3.05) is 39.3 Å². The molecule has 24 heavy (non-hydrogen) atoms. The number of rotatable bonds is 4. The summed E-state index contributed by atoms with van der Waals surface area (Å²) in [5.74, 6) is 1.76. The van der Waals surface area contributed by atoms with Crippen LogP contribution < -0.4 is 5.73 Å². The van der Waals surface area contributed by atoms with Crippen LogP contribution in [0.3, 0.4) is 0 Å². The fourth-order valence-corrected chi connectivity index (χ4v) is 3.55. The summed E-state index contributed by atoms with van der Waals surface area (Å²) < 4.78 is 37.1. The fraction of sp³-hybridized carbons (Fsp3) is 0.938. The SMILES string of the molecule is CC1CCCN(C(N)=NCCC2CCN(CC(F)(F)F)CC2)C1.I. The molecule has 0 spiro atoms. The minimum Gasteiger partial charge on any atom is -0.370 e. The van der Waals surface area contributed by atoms with Crippen LogP contribution in [0.4, 0.5) is 13.2 Å². The van der Waals surface area contributed by atoms with Crippen LogP contribution in [0.25, 0.3) is 0 Å². The Labute approximate surface area is 160 Å². The maximum atomic E-state index is 12.4. The Morgan fingerprint density at radius 2 is 1.83 bits per heavy atom. The molecule has 2 N–H and O–H groups in total. The summed E-state index contributed by atoms with van der Waals surface area (Å²) in [6.07, 6.45) is 0.898. The average molecular weight is 462 g/mol. The standard InChI is InChI=1S/C16H29F3N4.HI/c1-13-3-2-8-23(11-13)15(20)21-7-4-14-5-9-22(10-6-14)12-16(17,18)19;/h13-14H,2-12H2,1H3,(H2,20,21);1H. The molecule has 8 heteroatoms. The van der Waals surface area contributed by atoms with Crippen molar-refractivity contribution >= 4 is 29.9 Å². The second-order valence-corrected chi connectivity index (χ2v) is 7.06. The number of hydrogen-bond acceptors (Lipinski definition) is 2. The van der Waals surface area contributed by atoms with Crippen LogP contribution in [0, 0.1) is 11.8 Å². The summed E-state index contributed by atoms with van der Waals surface area (Å²) in [5.41, 5.74) is 6.06. The summed E-state index contributed by atoms with van der Waals surface area (Å²) in [5, 5.41) is 0. The number of alkyl halides is 3. The predicted octanol–water partition coefficient (Wildman–Crippen LogP) is 3.32. The smallest absolute Gasteiger partial charge is 0.370 e. The Balaban J connectivity index is 0.00000288. The predicted molar refractivity (Wildman–Crippen MR) is 102 cm³/mol. The lowest BCUT2D eigenvalue weighted by atomic mass is 9.93. The zero-order chi connectivity index (χ0) is 16.9. The molecule has 142 valence electrons. The van der Waals surface area contributed by atoms with Gasteiger partial charge in [0.15, 0.2) is 5.96 Å². The Morgan fingerprint density at radius 1 is 1.17 bits per heavy atom. The molecule has 1 unspecified atom stereocenters. The molecule has 0 bridgehead atoms. The van der Waals surface area contributed by atoms with Gasteiger partial charge in [0.1, 0.15) is 0 Å². The van der Waals surface area contributed by atoms with E-state index in [1.807, 2.05) is 0 Å². The van der Waals surface area contributed by atoms with Gasteiger partial charge >= 0.3 is 6.18 Å². The lowest BCUT2D eigenvalue weighted by Crippen LogP contribution is -2.43. The van der Waals surface area contributed by atoms with Gasteiger partial charge in [-0.05, 0) is 57.0 Å². The summed E-state index contributed by atoms with van der Waals surface area (Å²) in [7, 11) is 0. The van der Waals surface area contributed by atoms with E-state index in [4.69, 9.17) is 5.73 Å². The summed E-state index contributed by atoms with van der Waals surface area (Å²) in [4.78, 5) is 8.14. The molecule has 0 aromatic carbocycles. The highest BCUT2D eigenvalue weighted by Gasteiger charge is 2.32. The second kappa shape index (κ2) is 10.0. The highest BCUT2D eigenvalue weighted by Crippen LogP contribution is 2.24. The van der Waals surface area contributed by atoms with E-state index in [0.29, 0.717) is 37.4 Å². The molecular weight excluding hydrogens is 432 g/mol. The topological polar surface area (TPSA) is 44.9 Å². The van der Waals surface area contributed by atoms with Gasteiger partial charge in [0.25, 0.3) is 0 Å². The highest BCUT2D eigenvalue weighted by molar-refractivity contribution is 14.0. The molecule has 2 rings (SSSR count). The van der Waals surface area contributed by atoms with Crippen molar-refractivity contribution in [3.63, 3.8) is 0 Å². The summed E-state index contributed by atoms with van der Waals surface area (Å²) in [6.45, 7) is 5.16. The van der Waals surface area contributed by atoms with Crippen molar-refractivity contribution in [3.8, 4) is 0 Å². The van der Waals surface area contributed by atoms with E-state index in [1.54, 1.807) is 0 Å². The van der Waals surface area contributed by atoms with Crippen LogP contribution in [0.15, 0.2) is 4.99 Å². The number of piperidine rings is 2. The fourth-order valence-electron chi connectivity index (χ4n) is 3.55. The van der Waals surface area contributed by atoms with E-state index in [9.17, 15) is 13.2 Å². The van der Waals surface area contributed by atoms with Gasteiger partial charge in [-0.3, -0.25) is 9.89 Å². The summed E-state index contributed by atoms with van der Waals surface area (Å²) >= 11 is 0. The minimum atomic E-state index is -4.09. The highest BCUT2D eigenvalue weighted by atomic mass is 127. The first-order valence-electron chi connectivity index (χ1n) is 8.67. The van der Waals surface area contributed by atoms with Gasteiger partial charge in [-0.2, -0.15) is 13.2 Å².